The smallest absolute Gasteiger partial charge is 0.234 e. The number of anilines is 1. The van der Waals surface area contributed by atoms with Gasteiger partial charge in [-0.05, 0) is 36.6 Å². The van der Waals surface area contributed by atoms with E-state index in [-0.39, 0.29) is 23.5 Å². The molecule has 5 nitrogen and oxygen atoms in total. The molecule has 0 saturated heterocycles. The minimum atomic E-state index is -0.325. The SMILES string of the molecule is O=C(CSc1nnc(-c2ccccc2F)n1C1CC1)Nc1ccccc1-c1ccccc1. The van der Waals surface area contributed by atoms with Crippen LogP contribution in [0.15, 0.2) is 84.0 Å². The van der Waals surface area contributed by atoms with Crippen LogP contribution in [0.4, 0.5) is 10.1 Å². The average molecular weight is 445 g/mol. The number of carbonyl (C=O) groups excluding carboxylic acids is 1. The van der Waals surface area contributed by atoms with Gasteiger partial charge >= 0.3 is 0 Å². The highest BCUT2D eigenvalue weighted by molar-refractivity contribution is 7.99. The number of para-hydroxylation sites is 1. The van der Waals surface area contributed by atoms with E-state index in [1.165, 1.54) is 17.8 Å². The van der Waals surface area contributed by atoms with Gasteiger partial charge in [0.15, 0.2) is 11.0 Å². The van der Waals surface area contributed by atoms with Gasteiger partial charge in [0.25, 0.3) is 0 Å². The monoisotopic (exact) mass is 444 g/mol. The predicted octanol–water partition coefficient (Wildman–Crippen LogP) is 5.82. The molecule has 0 bridgehead atoms. The van der Waals surface area contributed by atoms with Gasteiger partial charge in [0.05, 0.1) is 11.3 Å². The van der Waals surface area contributed by atoms with Crippen molar-refractivity contribution in [1.29, 1.82) is 0 Å². The first kappa shape index (κ1) is 20.5. The van der Waals surface area contributed by atoms with Crippen LogP contribution in [0.2, 0.25) is 0 Å². The lowest BCUT2D eigenvalue weighted by Crippen LogP contribution is -2.15. The number of hydrogen-bond donors (Lipinski definition) is 1. The molecule has 1 amide bonds. The fourth-order valence-electron chi connectivity index (χ4n) is 3.64. The maximum absolute atomic E-state index is 14.3. The summed E-state index contributed by atoms with van der Waals surface area (Å²) in [6.07, 6.45) is 2.01. The van der Waals surface area contributed by atoms with E-state index in [1.54, 1.807) is 18.2 Å². The number of halogens is 1. The summed E-state index contributed by atoms with van der Waals surface area (Å²) in [6, 6.07) is 24.5. The molecule has 1 aliphatic carbocycles. The summed E-state index contributed by atoms with van der Waals surface area (Å²) >= 11 is 1.32. The zero-order chi connectivity index (χ0) is 21.9. The number of aromatic nitrogens is 3. The third kappa shape index (κ3) is 4.29. The number of carbonyl (C=O) groups is 1. The molecule has 1 aromatic heterocycles. The van der Waals surface area contributed by atoms with Crippen LogP contribution in [0.3, 0.4) is 0 Å². The minimum absolute atomic E-state index is 0.129. The molecule has 1 heterocycles. The molecule has 32 heavy (non-hydrogen) atoms. The predicted molar refractivity (Wildman–Crippen MR) is 125 cm³/mol. The lowest BCUT2D eigenvalue weighted by molar-refractivity contribution is -0.113. The van der Waals surface area contributed by atoms with Crippen molar-refractivity contribution >= 4 is 23.4 Å². The Labute approximate surface area is 189 Å². The van der Waals surface area contributed by atoms with Crippen molar-refractivity contribution in [3.8, 4) is 22.5 Å². The van der Waals surface area contributed by atoms with Crippen LogP contribution < -0.4 is 5.32 Å². The van der Waals surface area contributed by atoms with Crippen molar-refractivity contribution in [2.24, 2.45) is 0 Å². The molecule has 160 valence electrons. The van der Waals surface area contributed by atoms with Crippen molar-refractivity contribution < 1.29 is 9.18 Å². The quantitative estimate of drug-likeness (QED) is 0.365. The molecule has 1 N–H and O–H groups in total. The fourth-order valence-corrected chi connectivity index (χ4v) is 4.45. The molecule has 7 heteroatoms. The number of nitrogens with zero attached hydrogens (tertiary/aromatic N) is 3. The van der Waals surface area contributed by atoms with Gasteiger partial charge in [-0.2, -0.15) is 0 Å². The van der Waals surface area contributed by atoms with Gasteiger partial charge in [0.1, 0.15) is 5.82 Å². The van der Waals surface area contributed by atoms with Gasteiger partial charge in [-0.1, -0.05) is 72.4 Å². The number of nitrogens with one attached hydrogen (secondary N) is 1. The highest BCUT2D eigenvalue weighted by Crippen LogP contribution is 2.41. The average Bonchev–Trinajstić information content (AvgIpc) is 3.58. The second-order valence-corrected chi connectivity index (χ2v) is 8.58. The second-order valence-electron chi connectivity index (χ2n) is 7.64. The molecular formula is C25H21FN4OS. The van der Waals surface area contributed by atoms with Crippen LogP contribution in [0.5, 0.6) is 0 Å². The van der Waals surface area contributed by atoms with Crippen LogP contribution in [-0.4, -0.2) is 26.4 Å². The first-order valence-electron chi connectivity index (χ1n) is 10.5. The van der Waals surface area contributed by atoms with Crippen molar-refractivity contribution in [1.82, 2.24) is 14.8 Å². The lowest BCUT2D eigenvalue weighted by atomic mass is 10.0. The molecule has 0 atom stereocenters. The molecule has 5 rings (SSSR count). The van der Waals surface area contributed by atoms with E-state index in [2.05, 4.69) is 15.5 Å². The summed E-state index contributed by atoms with van der Waals surface area (Å²) in [5.74, 6) is 0.248. The molecule has 1 saturated carbocycles. The number of rotatable bonds is 7. The Morgan fingerprint density at radius 1 is 0.938 bits per heavy atom. The van der Waals surface area contributed by atoms with Crippen LogP contribution in [0.25, 0.3) is 22.5 Å². The summed E-state index contributed by atoms with van der Waals surface area (Å²) in [5, 5.41) is 12.2. The van der Waals surface area contributed by atoms with E-state index in [9.17, 15) is 9.18 Å². The summed E-state index contributed by atoms with van der Waals surface area (Å²) < 4.78 is 16.3. The molecule has 1 aliphatic rings. The Kier molecular flexibility index (Phi) is 5.73. The maximum Gasteiger partial charge on any atom is 0.234 e. The maximum atomic E-state index is 14.3. The minimum Gasteiger partial charge on any atom is -0.325 e. The normalized spacial score (nSPS) is 13.2. The Hall–Kier alpha value is -3.45. The number of amides is 1. The first-order valence-corrected chi connectivity index (χ1v) is 11.5. The molecule has 1 fully saturated rings. The second kappa shape index (κ2) is 8.96. The van der Waals surface area contributed by atoms with E-state index in [1.807, 2.05) is 59.2 Å². The number of hydrogen-bond acceptors (Lipinski definition) is 4. The Bertz CT molecular complexity index is 1250. The fraction of sp³-hybridized carbons (Fsp3) is 0.160. The molecular weight excluding hydrogens is 423 g/mol. The van der Waals surface area contributed by atoms with Gasteiger partial charge in [0.2, 0.25) is 5.91 Å². The van der Waals surface area contributed by atoms with E-state index in [0.717, 1.165) is 29.7 Å². The third-order valence-corrected chi connectivity index (χ3v) is 6.25. The Balaban J connectivity index is 1.32. The number of benzene rings is 3. The zero-order valence-electron chi connectivity index (χ0n) is 17.2. The van der Waals surface area contributed by atoms with Crippen LogP contribution >= 0.6 is 11.8 Å². The molecule has 0 aliphatic heterocycles. The van der Waals surface area contributed by atoms with E-state index in [4.69, 9.17) is 0 Å². The van der Waals surface area contributed by atoms with Gasteiger partial charge in [-0.25, -0.2) is 4.39 Å². The van der Waals surface area contributed by atoms with Crippen LogP contribution in [0, 0.1) is 5.82 Å². The van der Waals surface area contributed by atoms with Crippen molar-refractivity contribution in [3.05, 3.63) is 84.7 Å². The van der Waals surface area contributed by atoms with Crippen molar-refractivity contribution in [2.45, 2.75) is 24.0 Å². The van der Waals surface area contributed by atoms with E-state index in [0.29, 0.717) is 16.5 Å². The summed E-state index contributed by atoms with van der Waals surface area (Å²) in [4.78, 5) is 12.7. The van der Waals surface area contributed by atoms with Crippen molar-refractivity contribution in [2.75, 3.05) is 11.1 Å². The van der Waals surface area contributed by atoms with E-state index < -0.39 is 0 Å². The summed E-state index contributed by atoms with van der Waals surface area (Å²) in [7, 11) is 0. The van der Waals surface area contributed by atoms with Crippen LogP contribution in [0.1, 0.15) is 18.9 Å². The van der Waals surface area contributed by atoms with Crippen molar-refractivity contribution in [3.63, 3.8) is 0 Å². The molecule has 3 aromatic carbocycles. The van der Waals surface area contributed by atoms with Gasteiger partial charge in [0, 0.05) is 17.3 Å². The zero-order valence-corrected chi connectivity index (χ0v) is 18.1. The largest absolute Gasteiger partial charge is 0.325 e. The lowest BCUT2D eigenvalue weighted by Gasteiger charge is -2.12. The molecule has 4 aromatic rings. The van der Waals surface area contributed by atoms with E-state index >= 15 is 0 Å². The topological polar surface area (TPSA) is 59.8 Å². The van der Waals surface area contributed by atoms with Gasteiger partial charge in [-0.15, -0.1) is 10.2 Å². The third-order valence-electron chi connectivity index (χ3n) is 5.31. The summed E-state index contributed by atoms with van der Waals surface area (Å²) in [6.45, 7) is 0. The van der Waals surface area contributed by atoms with Gasteiger partial charge < -0.3 is 5.32 Å². The molecule has 0 radical (unpaired) electrons. The Morgan fingerprint density at radius 2 is 1.62 bits per heavy atom. The molecule has 0 spiro atoms. The van der Waals surface area contributed by atoms with Gasteiger partial charge in [-0.3, -0.25) is 9.36 Å². The summed E-state index contributed by atoms with van der Waals surface area (Å²) in [5.41, 5.74) is 3.20. The Morgan fingerprint density at radius 3 is 2.38 bits per heavy atom. The highest BCUT2D eigenvalue weighted by atomic mass is 32.2. The first-order chi connectivity index (χ1) is 15.7. The number of thioether (sulfide) groups is 1. The molecule has 0 unspecified atom stereocenters. The highest BCUT2D eigenvalue weighted by Gasteiger charge is 2.31. The standard InChI is InChI=1S/C25H21FN4OS/c26-21-12-6-4-11-20(21)24-28-29-25(30(24)18-14-15-18)32-16-23(31)27-22-13-7-5-10-19(22)17-8-2-1-3-9-17/h1-13,18H,14-16H2,(H,27,31). The van der Waals surface area contributed by atoms with Crippen LogP contribution in [-0.2, 0) is 4.79 Å².